The second-order valence-corrected chi connectivity index (χ2v) is 12.9. The number of ether oxygens (including phenoxy) is 1. The highest BCUT2D eigenvalue weighted by molar-refractivity contribution is 7.56. The fourth-order valence-electron chi connectivity index (χ4n) is 6.18. The van der Waals surface area contributed by atoms with Crippen molar-refractivity contribution in [1.82, 2.24) is 19.5 Å². The van der Waals surface area contributed by atoms with Gasteiger partial charge in [-0.1, -0.05) is 41.3 Å². The lowest BCUT2D eigenvalue weighted by Crippen LogP contribution is -2.19. The maximum Gasteiger partial charge on any atom is 0.407 e. The van der Waals surface area contributed by atoms with Crippen molar-refractivity contribution >= 4 is 41.6 Å². The first-order valence-electron chi connectivity index (χ1n) is 14.7. The van der Waals surface area contributed by atoms with Gasteiger partial charge in [-0.05, 0) is 91.2 Å². The van der Waals surface area contributed by atoms with E-state index < -0.39 is 13.6 Å². The number of hydrogen-bond donors (Lipinski definition) is 1. The summed E-state index contributed by atoms with van der Waals surface area (Å²) in [4.78, 5) is 13.0. The summed E-state index contributed by atoms with van der Waals surface area (Å²) < 4.78 is 36.2. The molecule has 7 nitrogen and oxygen atoms in total. The Morgan fingerprint density at radius 1 is 1.14 bits per heavy atom. The monoisotopic (exact) mass is 628 g/mol. The van der Waals surface area contributed by atoms with E-state index in [9.17, 15) is 4.57 Å². The SMILES string of the molecule is Cc1c(-c2ccc(OCCc3cccnc3)c(F)c2)c2c(N)nc(Cl)nc2n1C1CCCC(/C=C/[P+](=O)c2ccccc2)C1. The van der Waals surface area contributed by atoms with Crippen LogP contribution in [0.4, 0.5) is 10.2 Å². The third-order valence-electron chi connectivity index (χ3n) is 8.24. The molecule has 0 radical (unpaired) electrons. The third-order valence-corrected chi connectivity index (χ3v) is 9.66. The number of rotatable bonds is 9. The van der Waals surface area contributed by atoms with E-state index in [1.165, 1.54) is 6.07 Å². The van der Waals surface area contributed by atoms with Crippen LogP contribution in [0.5, 0.6) is 5.75 Å². The van der Waals surface area contributed by atoms with Crippen molar-refractivity contribution in [2.75, 3.05) is 12.3 Å². The highest BCUT2D eigenvalue weighted by Crippen LogP contribution is 2.44. The minimum atomic E-state index is -1.60. The van der Waals surface area contributed by atoms with Crippen LogP contribution < -0.4 is 15.8 Å². The van der Waals surface area contributed by atoms with E-state index in [1.807, 2.05) is 61.3 Å². The van der Waals surface area contributed by atoms with Gasteiger partial charge in [-0.15, -0.1) is 0 Å². The molecule has 44 heavy (non-hydrogen) atoms. The lowest BCUT2D eigenvalue weighted by Gasteiger charge is -2.29. The molecular formula is C34H33ClFN5O2P+. The molecular weight excluding hydrogens is 596 g/mol. The Morgan fingerprint density at radius 3 is 2.75 bits per heavy atom. The van der Waals surface area contributed by atoms with Gasteiger partial charge in [0, 0.05) is 36.1 Å². The van der Waals surface area contributed by atoms with Crippen LogP contribution in [-0.2, 0) is 11.0 Å². The summed E-state index contributed by atoms with van der Waals surface area (Å²) in [5.74, 6) is 2.07. The Hall–Kier alpha value is -4.13. The van der Waals surface area contributed by atoms with Crippen molar-refractivity contribution < 1.29 is 13.7 Å². The molecule has 10 heteroatoms. The zero-order valence-corrected chi connectivity index (χ0v) is 26.0. The molecule has 1 fully saturated rings. The van der Waals surface area contributed by atoms with E-state index in [-0.39, 0.29) is 28.8 Å². The number of halogens is 2. The van der Waals surface area contributed by atoms with Crippen molar-refractivity contribution in [3.8, 4) is 16.9 Å². The molecule has 6 rings (SSSR count). The van der Waals surface area contributed by atoms with Crippen molar-refractivity contribution in [2.24, 2.45) is 5.92 Å². The van der Waals surface area contributed by atoms with Crippen LogP contribution in [0.15, 0.2) is 85.0 Å². The molecule has 2 N–H and O–H groups in total. The molecule has 1 saturated carbocycles. The summed E-state index contributed by atoms with van der Waals surface area (Å²) in [7, 11) is -1.60. The van der Waals surface area contributed by atoms with Gasteiger partial charge in [0.05, 0.1) is 12.0 Å². The molecule has 3 unspecified atom stereocenters. The second-order valence-electron chi connectivity index (χ2n) is 11.1. The van der Waals surface area contributed by atoms with E-state index in [4.69, 9.17) is 22.1 Å². The first-order valence-corrected chi connectivity index (χ1v) is 16.4. The predicted octanol–water partition coefficient (Wildman–Crippen LogP) is 8.20. The zero-order chi connectivity index (χ0) is 30.6. The van der Waals surface area contributed by atoms with E-state index in [2.05, 4.69) is 25.6 Å². The number of pyridine rings is 1. The van der Waals surface area contributed by atoms with Crippen LogP contribution in [0, 0.1) is 18.7 Å². The highest BCUT2D eigenvalue weighted by atomic mass is 35.5. The molecule has 3 heterocycles. The normalized spacial score (nSPS) is 17.3. The van der Waals surface area contributed by atoms with Gasteiger partial charge in [0.1, 0.15) is 11.5 Å². The molecule has 0 saturated heterocycles. The Labute approximate surface area is 261 Å². The summed E-state index contributed by atoms with van der Waals surface area (Å²) in [5.41, 5.74) is 10.5. The molecule has 3 aromatic heterocycles. The summed E-state index contributed by atoms with van der Waals surface area (Å²) in [5, 5.41) is 1.54. The Morgan fingerprint density at radius 2 is 1.98 bits per heavy atom. The molecule has 1 aliphatic rings. The summed E-state index contributed by atoms with van der Waals surface area (Å²) >= 11 is 6.31. The first kappa shape index (κ1) is 29.9. The number of nitrogen functional groups attached to an aromatic ring is 1. The van der Waals surface area contributed by atoms with Gasteiger partial charge in [-0.25, -0.2) is 9.37 Å². The number of fused-ring (bicyclic) bond motifs is 1. The standard InChI is InChI=1S/C34H33ClFN5O2P/c1-22-30(25-12-13-29(28(36)20-25)43-17-14-24-8-6-16-38-21-24)31-32(37)39-34(35)40-33(31)41(22)26-9-5-7-23(19-26)15-18-44(42)27-10-3-2-4-11-27/h2-4,6,8,10-13,15-16,18,20-21,23,26H,5,7,9,14,17,19H2,1H3,(H2,37,39,40)/q+1/b18-15+. The van der Waals surface area contributed by atoms with Gasteiger partial charge >= 0.3 is 7.80 Å². The van der Waals surface area contributed by atoms with Gasteiger partial charge in [0.2, 0.25) is 5.28 Å². The fourth-order valence-corrected chi connectivity index (χ4v) is 7.39. The molecule has 0 bridgehead atoms. The number of allylic oxidation sites excluding steroid dienone is 1. The highest BCUT2D eigenvalue weighted by Gasteiger charge is 2.29. The molecule has 1 aliphatic carbocycles. The average Bonchev–Trinajstić information content (AvgIpc) is 3.33. The number of benzene rings is 2. The molecule has 2 aromatic carbocycles. The smallest absolute Gasteiger partial charge is 0.407 e. The summed E-state index contributed by atoms with van der Waals surface area (Å²) in [6, 6.07) is 18.4. The zero-order valence-electron chi connectivity index (χ0n) is 24.4. The van der Waals surface area contributed by atoms with Crippen LogP contribution in [0.1, 0.15) is 43.0 Å². The molecule has 0 aliphatic heterocycles. The maximum absolute atomic E-state index is 15.4. The molecule has 3 atom stereocenters. The van der Waals surface area contributed by atoms with E-state index in [1.54, 1.807) is 18.5 Å². The fraction of sp³-hybridized carbons (Fsp3) is 0.265. The van der Waals surface area contributed by atoms with Crippen molar-refractivity contribution in [3.05, 3.63) is 107 Å². The molecule has 0 spiro atoms. The van der Waals surface area contributed by atoms with Gasteiger partial charge < -0.3 is 15.0 Å². The molecule has 0 amide bonds. The quantitative estimate of drug-likeness (QED) is 0.131. The van der Waals surface area contributed by atoms with Gasteiger partial charge in [-0.2, -0.15) is 4.98 Å². The van der Waals surface area contributed by atoms with Gasteiger partial charge in [0.15, 0.2) is 22.7 Å². The lowest BCUT2D eigenvalue weighted by atomic mass is 9.85. The van der Waals surface area contributed by atoms with Gasteiger partial charge in [-0.3, -0.25) is 4.98 Å². The Balaban J connectivity index is 1.28. The van der Waals surface area contributed by atoms with Crippen LogP contribution in [-0.4, -0.2) is 26.1 Å². The molecule has 224 valence electrons. The van der Waals surface area contributed by atoms with E-state index in [0.29, 0.717) is 29.6 Å². The van der Waals surface area contributed by atoms with Crippen LogP contribution in [0.3, 0.4) is 0 Å². The number of aromatic nitrogens is 4. The second kappa shape index (κ2) is 13.2. The number of nitrogens with two attached hydrogens (primary N) is 1. The maximum atomic E-state index is 15.4. The first-order chi connectivity index (χ1) is 21.4. The van der Waals surface area contributed by atoms with Crippen molar-refractivity contribution in [3.63, 3.8) is 0 Å². The van der Waals surface area contributed by atoms with Crippen LogP contribution in [0.25, 0.3) is 22.2 Å². The summed E-state index contributed by atoms with van der Waals surface area (Å²) in [6.07, 6.45) is 10.0. The van der Waals surface area contributed by atoms with E-state index in [0.717, 1.165) is 47.8 Å². The van der Waals surface area contributed by atoms with Crippen molar-refractivity contribution in [2.45, 2.75) is 45.1 Å². The largest absolute Gasteiger partial charge is 0.490 e. The van der Waals surface area contributed by atoms with Crippen LogP contribution in [0.2, 0.25) is 5.28 Å². The van der Waals surface area contributed by atoms with E-state index >= 15 is 4.39 Å². The average molecular weight is 629 g/mol. The number of nitrogens with zero attached hydrogens (tertiary/aromatic N) is 4. The van der Waals surface area contributed by atoms with Gasteiger partial charge in [0.25, 0.3) is 0 Å². The number of anilines is 1. The third kappa shape index (κ3) is 6.37. The predicted molar refractivity (Wildman–Crippen MR) is 174 cm³/mol. The number of hydrogen-bond acceptors (Lipinski definition) is 6. The molecule has 5 aromatic rings. The topological polar surface area (TPSA) is 95.9 Å². The minimum Gasteiger partial charge on any atom is -0.490 e. The van der Waals surface area contributed by atoms with Crippen LogP contribution >= 0.6 is 19.4 Å². The minimum absolute atomic E-state index is 0.0657. The Kier molecular flexibility index (Phi) is 9.01. The lowest BCUT2D eigenvalue weighted by molar-refractivity contribution is 0.305. The van der Waals surface area contributed by atoms with Crippen molar-refractivity contribution in [1.29, 1.82) is 0 Å². The Bertz CT molecular complexity index is 1830. The summed E-state index contributed by atoms with van der Waals surface area (Å²) in [6.45, 7) is 2.34.